The first-order chi connectivity index (χ1) is 15.5. The number of piperidine rings is 1. The van der Waals surface area contributed by atoms with Crippen LogP contribution in [0.2, 0.25) is 0 Å². The highest BCUT2D eigenvalue weighted by Gasteiger charge is 2.43. The maximum atomic E-state index is 13.1. The van der Waals surface area contributed by atoms with Crippen molar-refractivity contribution in [3.05, 3.63) is 53.6 Å². The van der Waals surface area contributed by atoms with E-state index in [0.717, 1.165) is 55.8 Å². The second-order valence-corrected chi connectivity index (χ2v) is 8.82. The lowest BCUT2D eigenvalue weighted by Crippen LogP contribution is -2.46. The molecule has 32 heavy (non-hydrogen) atoms. The summed E-state index contributed by atoms with van der Waals surface area (Å²) in [5.41, 5.74) is 2.98. The quantitative estimate of drug-likeness (QED) is 0.615. The van der Waals surface area contributed by atoms with Crippen LogP contribution in [0.1, 0.15) is 36.8 Å². The van der Waals surface area contributed by atoms with Gasteiger partial charge in [0.05, 0.1) is 32.4 Å². The lowest BCUT2D eigenvalue weighted by molar-refractivity contribution is -0.123. The summed E-state index contributed by atoms with van der Waals surface area (Å²) in [6.45, 7) is 3.71. The zero-order valence-corrected chi connectivity index (χ0v) is 19.2. The summed E-state index contributed by atoms with van der Waals surface area (Å²) < 4.78 is 10.8. The summed E-state index contributed by atoms with van der Waals surface area (Å²) >= 11 is 0. The van der Waals surface area contributed by atoms with Crippen LogP contribution in [0.4, 0.5) is 5.69 Å². The molecule has 1 atom stereocenters. The van der Waals surface area contributed by atoms with Gasteiger partial charge in [0.1, 0.15) is 11.5 Å². The Labute approximate surface area is 190 Å². The molecule has 2 amide bonds. The fourth-order valence-electron chi connectivity index (χ4n) is 4.84. The minimum atomic E-state index is -0.327. The second-order valence-electron chi connectivity index (χ2n) is 8.82. The summed E-state index contributed by atoms with van der Waals surface area (Å²) in [6.07, 6.45) is 4.41. The first-order valence-corrected chi connectivity index (χ1v) is 11.4. The van der Waals surface area contributed by atoms with Crippen LogP contribution in [0, 0.1) is 12.8 Å². The minimum Gasteiger partial charge on any atom is -0.497 e. The summed E-state index contributed by atoms with van der Waals surface area (Å²) in [6, 6.07) is 13.2. The normalized spacial score (nSPS) is 20.1. The Morgan fingerprint density at radius 1 is 0.969 bits per heavy atom. The van der Waals surface area contributed by atoms with E-state index in [1.54, 1.807) is 14.2 Å². The van der Waals surface area contributed by atoms with Gasteiger partial charge in [0.2, 0.25) is 5.91 Å². The van der Waals surface area contributed by atoms with Crippen molar-refractivity contribution in [2.24, 2.45) is 5.92 Å². The predicted molar refractivity (Wildman–Crippen MR) is 124 cm³/mol. The molecule has 6 nitrogen and oxygen atoms in total. The van der Waals surface area contributed by atoms with Crippen LogP contribution in [0.25, 0.3) is 0 Å². The number of ether oxygens (including phenoxy) is 2. The Morgan fingerprint density at radius 3 is 2.34 bits per heavy atom. The van der Waals surface area contributed by atoms with Crippen molar-refractivity contribution in [1.29, 1.82) is 0 Å². The van der Waals surface area contributed by atoms with Gasteiger partial charge in [-0.3, -0.25) is 14.5 Å². The molecule has 0 radical (unpaired) electrons. The van der Waals surface area contributed by atoms with E-state index in [1.165, 1.54) is 10.5 Å². The number of anilines is 1. The van der Waals surface area contributed by atoms with Gasteiger partial charge in [-0.2, -0.15) is 0 Å². The highest BCUT2D eigenvalue weighted by Crippen LogP contribution is 2.32. The molecule has 0 aliphatic carbocycles. The molecule has 0 aromatic heterocycles. The summed E-state index contributed by atoms with van der Waals surface area (Å²) in [4.78, 5) is 29.2. The van der Waals surface area contributed by atoms with Crippen molar-refractivity contribution in [3.63, 3.8) is 0 Å². The number of carbonyl (C=O) groups is 2. The smallest absolute Gasteiger partial charge is 0.251 e. The predicted octanol–water partition coefficient (Wildman–Crippen LogP) is 3.99. The molecule has 1 unspecified atom stereocenters. The number of imide groups is 1. The third-order valence-corrected chi connectivity index (χ3v) is 6.82. The van der Waals surface area contributed by atoms with Gasteiger partial charge in [0, 0.05) is 6.07 Å². The number of likely N-dealkylation sites (tertiary alicyclic amines) is 1. The lowest BCUT2D eigenvalue weighted by Gasteiger charge is -2.35. The van der Waals surface area contributed by atoms with Crippen molar-refractivity contribution in [3.8, 4) is 11.5 Å². The van der Waals surface area contributed by atoms with Gasteiger partial charge >= 0.3 is 0 Å². The van der Waals surface area contributed by atoms with E-state index in [4.69, 9.17) is 9.47 Å². The van der Waals surface area contributed by atoms with Gasteiger partial charge in [0.25, 0.3) is 5.91 Å². The Balaban J connectivity index is 1.32. The molecule has 0 bridgehead atoms. The summed E-state index contributed by atoms with van der Waals surface area (Å²) in [5, 5.41) is 0. The fourth-order valence-corrected chi connectivity index (χ4v) is 4.84. The van der Waals surface area contributed by atoms with E-state index in [9.17, 15) is 9.59 Å². The number of benzene rings is 2. The molecular weight excluding hydrogens is 404 g/mol. The van der Waals surface area contributed by atoms with Crippen molar-refractivity contribution >= 4 is 17.5 Å². The van der Waals surface area contributed by atoms with Crippen LogP contribution < -0.4 is 14.4 Å². The highest BCUT2D eigenvalue weighted by atomic mass is 16.5. The maximum absolute atomic E-state index is 13.1. The Hall–Kier alpha value is -2.86. The second kappa shape index (κ2) is 9.74. The van der Waals surface area contributed by atoms with E-state index in [0.29, 0.717) is 11.6 Å². The molecule has 2 aromatic carbocycles. The van der Waals surface area contributed by atoms with Gasteiger partial charge in [-0.25, -0.2) is 4.90 Å². The zero-order chi connectivity index (χ0) is 22.7. The number of amides is 2. The summed E-state index contributed by atoms with van der Waals surface area (Å²) in [7, 11) is 3.35. The molecule has 2 heterocycles. The van der Waals surface area contributed by atoms with Crippen LogP contribution in [0.15, 0.2) is 42.5 Å². The van der Waals surface area contributed by atoms with Gasteiger partial charge in [0.15, 0.2) is 0 Å². The first kappa shape index (κ1) is 22.3. The van der Waals surface area contributed by atoms with Gasteiger partial charge in [-0.15, -0.1) is 0 Å². The number of nitrogens with zero attached hydrogens (tertiary/aromatic N) is 2. The fraction of sp³-hybridized carbons (Fsp3) is 0.462. The van der Waals surface area contributed by atoms with E-state index in [-0.39, 0.29) is 24.3 Å². The average Bonchev–Trinajstić information content (AvgIpc) is 3.12. The molecule has 0 saturated carbocycles. The molecule has 6 heteroatoms. The van der Waals surface area contributed by atoms with E-state index < -0.39 is 0 Å². The molecule has 2 aliphatic heterocycles. The van der Waals surface area contributed by atoms with Crippen molar-refractivity contribution in [2.75, 3.05) is 32.2 Å². The third kappa shape index (κ3) is 4.65. The van der Waals surface area contributed by atoms with E-state index in [2.05, 4.69) is 11.0 Å². The molecule has 4 rings (SSSR count). The molecule has 2 aromatic rings. The SMILES string of the molecule is COc1ccc(CCC2CCN(C3CC(=O)N(c4ccc(C)cc4)C3=O)CC2)c(OC)c1. The average molecular weight is 437 g/mol. The molecule has 2 aliphatic rings. The van der Waals surface area contributed by atoms with Crippen LogP contribution >= 0.6 is 0 Å². The zero-order valence-electron chi connectivity index (χ0n) is 19.2. The minimum absolute atomic E-state index is 0.0831. The van der Waals surface area contributed by atoms with Crippen molar-refractivity contribution in [2.45, 2.75) is 45.1 Å². The molecule has 2 saturated heterocycles. The largest absolute Gasteiger partial charge is 0.497 e. The number of aryl methyl sites for hydroxylation is 2. The van der Waals surface area contributed by atoms with Gasteiger partial charge < -0.3 is 9.47 Å². The van der Waals surface area contributed by atoms with Gasteiger partial charge in [-0.1, -0.05) is 23.8 Å². The molecule has 170 valence electrons. The van der Waals surface area contributed by atoms with E-state index >= 15 is 0 Å². The first-order valence-electron chi connectivity index (χ1n) is 11.4. The van der Waals surface area contributed by atoms with Crippen LogP contribution in [0.5, 0.6) is 11.5 Å². The Morgan fingerprint density at radius 2 is 1.69 bits per heavy atom. The van der Waals surface area contributed by atoms with Crippen LogP contribution in [-0.4, -0.2) is 50.1 Å². The van der Waals surface area contributed by atoms with Crippen LogP contribution in [-0.2, 0) is 16.0 Å². The Kier molecular flexibility index (Phi) is 6.80. The standard InChI is InChI=1S/C26H32N2O4/c1-18-4-9-21(10-5-18)28-25(29)17-23(26(28)30)27-14-12-19(13-15-27)6-7-20-8-11-22(31-2)16-24(20)32-3/h4-5,8-11,16,19,23H,6-7,12-15,17H2,1-3H3. The Bertz CT molecular complexity index is 964. The lowest BCUT2D eigenvalue weighted by atomic mass is 9.89. The monoisotopic (exact) mass is 436 g/mol. The topological polar surface area (TPSA) is 59.1 Å². The van der Waals surface area contributed by atoms with E-state index in [1.807, 2.05) is 43.3 Å². The molecule has 0 N–H and O–H groups in total. The number of rotatable bonds is 7. The van der Waals surface area contributed by atoms with Crippen molar-refractivity contribution in [1.82, 2.24) is 4.90 Å². The molecule has 0 spiro atoms. The summed E-state index contributed by atoms with van der Waals surface area (Å²) in [5.74, 6) is 2.10. The van der Waals surface area contributed by atoms with Crippen LogP contribution in [0.3, 0.4) is 0 Å². The highest BCUT2D eigenvalue weighted by molar-refractivity contribution is 6.22. The number of hydrogen-bond acceptors (Lipinski definition) is 5. The molecule has 2 fully saturated rings. The van der Waals surface area contributed by atoms with Crippen molar-refractivity contribution < 1.29 is 19.1 Å². The third-order valence-electron chi connectivity index (χ3n) is 6.82. The number of methoxy groups -OCH3 is 2. The van der Waals surface area contributed by atoms with Gasteiger partial charge in [-0.05, 0) is 75.4 Å². The number of hydrogen-bond donors (Lipinski definition) is 0. The maximum Gasteiger partial charge on any atom is 0.251 e. The molecular formula is C26H32N2O4. The number of carbonyl (C=O) groups excluding carboxylic acids is 2.